The summed E-state index contributed by atoms with van der Waals surface area (Å²) >= 11 is 0. The third-order valence-corrected chi connectivity index (χ3v) is 2.62. The van der Waals surface area contributed by atoms with E-state index in [0.717, 1.165) is 4.40 Å². The molecule has 2 rings (SSSR count). The van der Waals surface area contributed by atoms with Crippen molar-refractivity contribution in [3.05, 3.63) is 30.3 Å². The highest BCUT2D eigenvalue weighted by molar-refractivity contribution is 7.89. The highest BCUT2D eigenvalue weighted by Gasteiger charge is 2.21. The van der Waals surface area contributed by atoms with Gasteiger partial charge in [0.1, 0.15) is 5.65 Å². The number of halogens is 1. The zero-order valence-electron chi connectivity index (χ0n) is 6.88. The number of fused-ring (bicyclic) bond motifs is 1. The van der Waals surface area contributed by atoms with Gasteiger partial charge in [0.05, 0.1) is 0 Å². The molecular weight excluding hydrogens is 209 g/mol. The molecule has 5 nitrogen and oxygen atoms in total. The van der Waals surface area contributed by atoms with Gasteiger partial charge in [-0.15, -0.1) is 0 Å². The van der Waals surface area contributed by atoms with E-state index >= 15 is 0 Å². The van der Waals surface area contributed by atoms with Crippen LogP contribution in [0, 0.1) is 5.95 Å². The first kappa shape index (κ1) is 9.10. The summed E-state index contributed by atoms with van der Waals surface area (Å²) in [6.07, 6.45) is 1.38. The predicted octanol–water partition coefficient (Wildman–Crippen LogP) is 0.121. The number of imidazole rings is 1. The molecule has 0 saturated heterocycles. The molecule has 0 aliphatic heterocycles. The van der Waals surface area contributed by atoms with Crippen LogP contribution in [0.15, 0.2) is 29.4 Å². The van der Waals surface area contributed by atoms with Crippen molar-refractivity contribution >= 4 is 15.7 Å². The van der Waals surface area contributed by atoms with E-state index in [1.807, 2.05) is 0 Å². The minimum absolute atomic E-state index is 0.203. The van der Waals surface area contributed by atoms with Gasteiger partial charge in [0.15, 0.2) is 0 Å². The molecule has 0 aliphatic rings. The van der Waals surface area contributed by atoms with Gasteiger partial charge >= 0.3 is 0 Å². The summed E-state index contributed by atoms with van der Waals surface area (Å²) in [6.45, 7) is 0. The van der Waals surface area contributed by atoms with Crippen LogP contribution in [0.25, 0.3) is 5.65 Å². The zero-order valence-corrected chi connectivity index (χ0v) is 7.70. The van der Waals surface area contributed by atoms with Crippen molar-refractivity contribution in [3.8, 4) is 0 Å². The molecule has 0 fully saturated rings. The first-order chi connectivity index (χ1) is 6.50. The van der Waals surface area contributed by atoms with Crippen molar-refractivity contribution in [2.45, 2.75) is 5.03 Å². The molecule has 14 heavy (non-hydrogen) atoms. The SMILES string of the molecule is NS(=O)(=O)c1c(F)nc2ccccn12. The third-order valence-electron chi connectivity index (χ3n) is 1.72. The van der Waals surface area contributed by atoms with Crippen LogP contribution in [0.5, 0.6) is 0 Å². The summed E-state index contributed by atoms with van der Waals surface area (Å²) in [7, 11) is -4.09. The molecule has 0 bridgehead atoms. The Bertz CT molecular complexity index is 590. The van der Waals surface area contributed by atoms with Crippen LogP contribution in [0.3, 0.4) is 0 Å². The first-order valence-corrected chi connectivity index (χ1v) is 5.20. The van der Waals surface area contributed by atoms with Crippen molar-refractivity contribution in [1.29, 1.82) is 0 Å². The lowest BCUT2D eigenvalue weighted by Gasteiger charge is -1.96. The quantitative estimate of drug-likeness (QED) is 0.734. The summed E-state index contributed by atoms with van der Waals surface area (Å²) in [4.78, 5) is 3.42. The van der Waals surface area contributed by atoms with Crippen LogP contribution in [0.4, 0.5) is 4.39 Å². The van der Waals surface area contributed by atoms with Gasteiger partial charge in [-0.2, -0.15) is 9.37 Å². The molecule has 0 atom stereocenters. The number of primary sulfonamides is 1. The molecule has 7 heteroatoms. The monoisotopic (exact) mass is 215 g/mol. The Morgan fingerprint density at radius 3 is 2.79 bits per heavy atom. The number of hydrogen-bond acceptors (Lipinski definition) is 3. The van der Waals surface area contributed by atoms with Gasteiger partial charge < -0.3 is 0 Å². The van der Waals surface area contributed by atoms with Crippen LogP contribution < -0.4 is 5.14 Å². The van der Waals surface area contributed by atoms with Gasteiger partial charge in [-0.3, -0.25) is 4.40 Å². The van der Waals surface area contributed by atoms with Gasteiger partial charge in [-0.25, -0.2) is 13.6 Å². The highest BCUT2D eigenvalue weighted by Crippen LogP contribution is 2.14. The zero-order chi connectivity index (χ0) is 10.3. The molecule has 0 radical (unpaired) electrons. The van der Waals surface area contributed by atoms with Crippen LogP contribution in [-0.2, 0) is 10.0 Å². The highest BCUT2D eigenvalue weighted by atomic mass is 32.2. The summed E-state index contributed by atoms with van der Waals surface area (Å²) in [5.74, 6) is -1.08. The molecule has 0 aliphatic carbocycles. The molecule has 0 aromatic carbocycles. The van der Waals surface area contributed by atoms with Crippen LogP contribution in [-0.4, -0.2) is 17.8 Å². The van der Waals surface area contributed by atoms with Crippen molar-refractivity contribution in [3.63, 3.8) is 0 Å². The normalized spacial score (nSPS) is 12.1. The fourth-order valence-corrected chi connectivity index (χ4v) is 1.91. The molecule has 2 aromatic rings. The molecule has 0 unspecified atom stereocenters. The summed E-state index contributed by atoms with van der Waals surface area (Å²) in [6, 6.07) is 4.66. The minimum Gasteiger partial charge on any atom is -0.287 e. The Hall–Kier alpha value is -1.47. The molecule has 2 N–H and O–H groups in total. The number of nitrogens with two attached hydrogens (primary N) is 1. The van der Waals surface area contributed by atoms with E-state index in [2.05, 4.69) is 4.98 Å². The number of pyridine rings is 1. The number of sulfonamides is 1. The van der Waals surface area contributed by atoms with E-state index in [0.29, 0.717) is 0 Å². The second-order valence-corrected chi connectivity index (χ2v) is 4.16. The van der Waals surface area contributed by atoms with Crippen LogP contribution in [0.2, 0.25) is 0 Å². The lowest BCUT2D eigenvalue weighted by molar-refractivity contribution is 0.539. The van der Waals surface area contributed by atoms with Gasteiger partial charge in [0.25, 0.3) is 16.0 Å². The fourth-order valence-electron chi connectivity index (χ4n) is 1.20. The molecule has 0 spiro atoms. The van der Waals surface area contributed by atoms with Crippen molar-refractivity contribution in [1.82, 2.24) is 9.38 Å². The topological polar surface area (TPSA) is 77.5 Å². The summed E-state index contributed by atoms with van der Waals surface area (Å²) in [5, 5.41) is 4.22. The molecular formula is C7H6FN3O2S. The third kappa shape index (κ3) is 1.26. The lowest BCUT2D eigenvalue weighted by atomic mass is 10.5. The maximum absolute atomic E-state index is 13.1. The Morgan fingerprint density at radius 2 is 2.14 bits per heavy atom. The molecule has 74 valence electrons. The van der Waals surface area contributed by atoms with Crippen molar-refractivity contribution < 1.29 is 12.8 Å². The molecule has 0 amide bonds. The smallest absolute Gasteiger partial charge is 0.258 e. The fraction of sp³-hybridized carbons (Fsp3) is 0. The summed E-state index contributed by atoms with van der Waals surface area (Å²) in [5.41, 5.74) is 0.203. The van der Waals surface area contributed by atoms with E-state index < -0.39 is 21.0 Å². The lowest BCUT2D eigenvalue weighted by Crippen LogP contribution is -2.16. The Balaban J connectivity index is 2.95. The second-order valence-electron chi connectivity index (χ2n) is 2.68. The predicted molar refractivity (Wildman–Crippen MR) is 46.5 cm³/mol. The standard InChI is InChI=1S/C7H6FN3O2S/c8-6-7(14(9,12)13)11-4-2-1-3-5(11)10-6/h1-4H,(H2,9,12,13). The van der Waals surface area contributed by atoms with E-state index in [-0.39, 0.29) is 5.65 Å². The van der Waals surface area contributed by atoms with Crippen LogP contribution in [0.1, 0.15) is 0 Å². The van der Waals surface area contributed by atoms with Crippen molar-refractivity contribution in [2.24, 2.45) is 5.14 Å². The Morgan fingerprint density at radius 1 is 1.43 bits per heavy atom. The average Bonchev–Trinajstić information content (AvgIpc) is 2.38. The maximum Gasteiger partial charge on any atom is 0.258 e. The number of aromatic nitrogens is 2. The Kier molecular flexibility index (Phi) is 1.79. The van der Waals surface area contributed by atoms with Gasteiger partial charge in [-0.1, -0.05) is 6.07 Å². The van der Waals surface area contributed by atoms with E-state index in [1.165, 1.54) is 12.3 Å². The average molecular weight is 215 g/mol. The largest absolute Gasteiger partial charge is 0.287 e. The van der Waals surface area contributed by atoms with Gasteiger partial charge in [0.2, 0.25) is 5.03 Å². The van der Waals surface area contributed by atoms with E-state index in [1.54, 1.807) is 12.1 Å². The number of rotatable bonds is 1. The van der Waals surface area contributed by atoms with Crippen molar-refractivity contribution in [2.75, 3.05) is 0 Å². The minimum atomic E-state index is -4.09. The second kappa shape index (κ2) is 2.76. The van der Waals surface area contributed by atoms with Gasteiger partial charge in [0, 0.05) is 6.20 Å². The van der Waals surface area contributed by atoms with Gasteiger partial charge in [-0.05, 0) is 12.1 Å². The summed E-state index contributed by atoms with van der Waals surface area (Å²) < 4.78 is 36.2. The Labute approximate surface area is 79.0 Å². The van der Waals surface area contributed by atoms with Crippen LogP contribution >= 0.6 is 0 Å². The molecule has 2 aromatic heterocycles. The number of hydrogen-bond donors (Lipinski definition) is 1. The maximum atomic E-state index is 13.1. The van der Waals surface area contributed by atoms with E-state index in [4.69, 9.17) is 5.14 Å². The number of nitrogens with zero attached hydrogens (tertiary/aromatic N) is 2. The first-order valence-electron chi connectivity index (χ1n) is 3.65. The molecule has 0 saturated carbocycles. The van der Waals surface area contributed by atoms with E-state index in [9.17, 15) is 12.8 Å². The molecule has 2 heterocycles.